The van der Waals surface area contributed by atoms with E-state index >= 15 is 0 Å². The van der Waals surface area contributed by atoms with Crippen molar-refractivity contribution in [2.75, 3.05) is 44.6 Å². The van der Waals surface area contributed by atoms with Crippen LogP contribution in [-0.4, -0.2) is 66.8 Å². The Morgan fingerprint density at radius 2 is 1.71 bits per heavy atom. The maximum atomic E-state index is 12.0. The van der Waals surface area contributed by atoms with Gasteiger partial charge < -0.3 is 20.4 Å². The molecular formula is C17H25N5O2. The van der Waals surface area contributed by atoms with E-state index in [0.29, 0.717) is 32.1 Å². The number of piperazine rings is 1. The van der Waals surface area contributed by atoms with Gasteiger partial charge in [-0.2, -0.15) is 0 Å². The molecule has 0 aliphatic carbocycles. The summed E-state index contributed by atoms with van der Waals surface area (Å²) in [5, 5.41) is 6.03. The molecule has 2 rings (SSSR count). The second kappa shape index (κ2) is 8.90. The molecule has 1 aliphatic heterocycles. The molecule has 0 bridgehead atoms. The molecule has 0 aromatic heterocycles. The number of para-hydroxylation sites is 1. The minimum Gasteiger partial charge on any atom is -0.357 e. The monoisotopic (exact) mass is 331 g/mol. The third-order valence-corrected chi connectivity index (χ3v) is 3.79. The maximum absolute atomic E-state index is 12.0. The fourth-order valence-electron chi connectivity index (χ4n) is 2.53. The fraction of sp³-hybridized carbons (Fsp3) is 0.471. The SMILES string of the molecule is CCNC(=NCC(=O)Nc1ccccc1)N1CCN(C(C)=O)CC1. The zero-order chi connectivity index (χ0) is 17.4. The normalized spacial score (nSPS) is 15.2. The van der Waals surface area contributed by atoms with Gasteiger partial charge in [-0.3, -0.25) is 9.59 Å². The van der Waals surface area contributed by atoms with Crippen molar-refractivity contribution in [1.29, 1.82) is 0 Å². The highest BCUT2D eigenvalue weighted by Gasteiger charge is 2.21. The van der Waals surface area contributed by atoms with Crippen molar-refractivity contribution < 1.29 is 9.59 Å². The molecule has 1 saturated heterocycles. The van der Waals surface area contributed by atoms with Crippen molar-refractivity contribution in [3.63, 3.8) is 0 Å². The Morgan fingerprint density at radius 3 is 2.29 bits per heavy atom. The first-order chi connectivity index (χ1) is 11.6. The molecule has 2 amide bonds. The summed E-state index contributed by atoms with van der Waals surface area (Å²) in [6.07, 6.45) is 0. The van der Waals surface area contributed by atoms with E-state index in [1.807, 2.05) is 42.2 Å². The quantitative estimate of drug-likeness (QED) is 0.631. The minimum absolute atomic E-state index is 0.0597. The molecule has 24 heavy (non-hydrogen) atoms. The van der Waals surface area contributed by atoms with E-state index in [1.54, 1.807) is 6.92 Å². The number of carbonyl (C=O) groups is 2. The maximum Gasteiger partial charge on any atom is 0.246 e. The molecule has 1 heterocycles. The number of nitrogens with one attached hydrogen (secondary N) is 2. The summed E-state index contributed by atoms with van der Waals surface area (Å²) in [5.74, 6) is 0.654. The molecule has 1 aromatic rings. The van der Waals surface area contributed by atoms with E-state index in [2.05, 4.69) is 20.5 Å². The standard InChI is InChI=1S/C17H25N5O2/c1-3-18-17(22-11-9-21(10-12-22)14(2)23)19-13-16(24)20-15-7-5-4-6-8-15/h4-8H,3,9-13H2,1-2H3,(H,18,19)(H,20,24). The van der Waals surface area contributed by atoms with Crippen LogP contribution in [0.3, 0.4) is 0 Å². The number of guanidine groups is 1. The van der Waals surface area contributed by atoms with Crippen LogP contribution in [0.5, 0.6) is 0 Å². The van der Waals surface area contributed by atoms with Crippen LogP contribution in [0.1, 0.15) is 13.8 Å². The van der Waals surface area contributed by atoms with Crippen molar-refractivity contribution in [3.8, 4) is 0 Å². The first kappa shape index (κ1) is 17.8. The minimum atomic E-state index is -0.154. The Morgan fingerprint density at radius 1 is 1.08 bits per heavy atom. The van der Waals surface area contributed by atoms with Crippen molar-refractivity contribution in [2.24, 2.45) is 4.99 Å². The van der Waals surface area contributed by atoms with Crippen LogP contribution in [0.25, 0.3) is 0 Å². The topological polar surface area (TPSA) is 77.0 Å². The number of anilines is 1. The Labute approximate surface area is 142 Å². The second-order valence-corrected chi connectivity index (χ2v) is 5.58. The van der Waals surface area contributed by atoms with Gasteiger partial charge in [-0.1, -0.05) is 18.2 Å². The predicted octanol–water partition coefficient (Wildman–Crippen LogP) is 0.755. The third-order valence-electron chi connectivity index (χ3n) is 3.79. The number of benzene rings is 1. The number of rotatable bonds is 4. The van der Waals surface area contributed by atoms with Crippen LogP contribution in [0.4, 0.5) is 5.69 Å². The van der Waals surface area contributed by atoms with E-state index in [9.17, 15) is 9.59 Å². The van der Waals surface area contributed by atoms with Gasteiger partial charge >= 0.3 is 0 Å². The Balaban J connectivity index is 1.91. The Kier molecular flexibility index (Phi) is 6.60. The van der Waals surface area contributed by atoms with E-state index in [4.69, 9.17) is 0 Å². The average Bonchev–Trinajstić information content (AvgIpc) is 2.59. The highest BCUT2D eigenvalue weighted by molar-refractivity contribution is 5.94. The molecule has 1 aromatic carbocycles. The van der Waals surface area contributed by atoms with Gasteiger partial charge in [-0.05, 0) is 19.1 Å². The summed E-state index contributed by atoms with van der Waals surface area (Å²) in [4.78, 5) is 31.7. The Bertz CT molecular complexity index is 580. The van der Waals surface area contributed by atoms with Crippen LogP contribution in [-0.2, 0) is 9.59 Å². The van der Waals surface area contributed by atoms with E-state index in [1.165, 1.54) is 0 Å². The number of aliphatic imine (C=N–C) groups is 1. The molecule has 0 radical (unpaired) electrons. The largest absolute Gasteiger partial charge is 0.357 e. The predicted molar refractivity (Wildman–Crippen MR) is 94.9 cm³/mol. The van der Waals surface area contributed by atoms with Gasteiger partial charge in [0.1, 0.15) is 6.54 Å². The third kappa shape index (κ3) is 5.26. The second-order valence-electron chi connectivity index (χ2n) is 5.58. The van der Waals surface area contributed by atoms with Crippen molar-refractivity contribution in [2.45, 2.75) is 13.8 Å². The smallest absolute Gasteiger partial charge is 0.246 e. The number of hydrogen-bond acceptors (Lipinski definition) is 3. The summed E-state index contributed by atoms with van der Waals surface area (Å²) in [7, 11) is 0. The van der Waals surface area contributed by atoms with Gasteiger partial charge in [0, 0.05) is 45.3 Å². The van der Waals surface area contributed by atoms with Crippen molar-refractivity contribution in [1.82, 2.24) is 15.1 Å². The summed E-state index contributed by atoms with van der Waals surface area (Å²) in [6, 6.07) is 9.33. The molecule has 1 fully saturated rings. The fourth-order valence-corrected chi connectivity index (χ4v) is 2.53. The van der Waals surface area contributed by atoms with Gasteiger partial charge in [0.15, 0.2) is 5.96 Å². The van der Waals surface area contributed by atoms with E-state index in [-0.39, 0.29) is 18.4 Å². The highest BCUT2D eigenvalue weighted by Crippen LogP contribution is 2.05. The lowest BCUT2D eigenvalue weighted by Gasteiger charge is -2.36. The summed E-state index contributed by atoms with van der Waals surface area (Å²) < 4.78 is 0. The molecule has 0 spiro atoms. The summed E-state index contributed by atoms with van der Waals surface area (Å²) >= 11 is 0. The summed E-state index contributed by atoms with van der Waals surface area (Å²) in [5.41, 5.74) is 0.762. The lowest BCUT2D eigenvalue weighted by Crippen LogP contribution is -2.53. The van der Waals surface area contributed by atoms with Crippen molar-refractivity contribution in [3.05, 3.63) is 30.3 Å². The number of amides is 2. The van der Waals surface area contributed by atoms with Crippen LogP contribution in [0.15, 0.2) is 35.3 Å². The van der Waals surface area contributed by atoms with Crippen LogP contribution >= 0.6 is 0 Å². The number of hydrogen-bond donors (Lipinski definition) is 2. The zero-order valence-electron chi connectivity index (χ0n) is 14.3. The van der Waals surface area contributed by atoms with Crippen LogP contribution < -0.4 is 10.6 Å². The average molecular weight is 331 g/mol. The van der Waals surface area contributed by atoms with Gasteiger partial charge in [-0.15, -0.1) is 0 Å². The number of nitrogens with zero attached hydrogens (tertiary/aromatic N) is 3. The van der Waals surface area contributed by atoms with Crippen LogP contribution in [0.2, 0.25) is 0 Å². The van der Waals surface area contributed by atoms with Gasteiger partial charge in [0.2, 0.25) is 11.8 Å². The number of carbonyl (C=O) groups excluding carboxylic acids is 2. The lowest BCUT2D eigenvalue weighted by atomic mass is 10.3. The summed E-state index contributed by atoms with van der Waals surface area (Å²) in [6.45, 7) is 7.15. The molecule has 1 aliphatic rings. The lowest BCUT2D eigenvalue weighted by molar-refractivity contribution is -0.130. The molecule has 7 nitrogen and oxygen atoms in total. The molecular weight excluding hydrogens is 306 g/mol. The molecule has 0 saturated carbocycles. The Hall–Kier alpha value is -2.57. The van der Waals surface area contributed by atoms with E-state index in [0.717, 1.165) is 12.2 Å². The van der Waals surface area contributed by atoms with E-state index < -0.39 is 0 Å². The molecule has 130 valence electrons. The molecule has 7 heteroatoms. The van der Waals surface area contributed by atoms with Gasteiger partial charge in [0.25, 0.3) is 0 Å². The van der Waals surface area contributed by atoms with Gasteiger partial charge in [0.05, 0.1) is 0 Å². The molecule has 0 atom stereocenters. The molecule has 2 N–H and O–H groups in total. The van der Waals surface area contributed by atoms with Crippen molar-refractivity contribution >= 4 is 23.5 Å². The highest BCUT2D eigenvalue weighted by atomic mass is 16.2. The first-order valence-corrected chi connectivity index (χ1v) is 8.24. The first-order valence-electron chi connectivity index (χ1n) is 8.24. The van der Waals surface area contributed by atoms with Gasteiger partial charge in [-0.25, -0.2) is 4.99 Å². The zero-order valence-corrected chi connectivity index (χ0v) is 14.3. The molecule has 0 unspecified atom stereocenters. The van der Waals surface area contributed by atoms with Crippen LogP contribution in [0, 0.1) is 0 Å².